The highest BCUT2D eigenvalue weighted by Gasteiger charge is 2.31. The molecule has 1 aromatic rings. The zero-order chi connectivity index (χ0) is 17.0. The number of likely N-dealkylation sites (tertiary alicyclic amines) is 1. The first-order valence-corrected chi connectivity index (χ1v) is 8.07. The largest absolute Gasteiger partial charge is 0.443 e. The maximum Gasteiger partial charge on any atom is 0.417 e. The van der Waals surface area contributed by atoms with Crippen LogP contribution >= 0.6 is 0 Å². The van der Waals surface area contributed by atoms with Crippen molar-refractivity contribution in [2.45, 2.75) is 59.1 Å². The number of carbonyl (C=O) groups is 2. The van der Waals surface area contributed by atoms with E-state index in [1.54, 1.807) is 33.2 Å². The van der Waals surface area contributed by atoms with E-state index in [-0.39, 0.29) is 5.91 Å². The Bertz CT molecular complexity index is 611. The molecule has 1 fully saturated rings. The van der Waals surface area contributed by atoms with Crippen LogP contribution in [0.4, 0.5) is 4.79 Å². The number of piperidine rings is 1. The molecule has 0 aromatic carbocycles. The zero-order valence-corrected chi connectivity index (χ0v) is 14.3. The molecule has 0 saturated carbocycles. The summed E-state index contributed by atoms with van der Waals surface area (Å²) in [5.41, 5.74) is 0.731. The third kappa shape index (κ3) is 4.68. The first kappa shape index (κ1) is 17.2. The molecule has 2 amide bonds. The Morgan fingerprint density at radius 3 is 2.83 bits per heavy atom. The average molecular weight is 319 g/mol. The number of amides is 2. The lowest BCUT2D eigenvalue weighted by Gasteiger charge is -2.29. The van der Waals surface area contributed by atoms with E-state index in [0.717, 1.165) is 25.1 Å². The predicted molar refractivity (Wildman–Crippen MR) is 87.7 cm³/mol. The number of imide groups is 1. The van der Waals surface area contributed by atoms with Gasteiger partial charge in [0.05, 0.1) is 12.0 Å². The summed E-state index contributed by atoms with van der Waals surface area (Å²) in [5, 5.41) is 0. The van der Waals surface area contributed by atoms with E-state index in [1.165, 1.54) is 4.90 Å². The third-order valence-corrected chi connectivity index (χ3v) is 3.42. The second-order valence-electron chi connectivity index (χ2n) is 6.75. The van der Waals surface area contributed by atoms with Crippen molar-refractivity contribution < 1.29 is 14.3 Å². The number of hydrogen-bond acceptors (Lipinski definition) is 4. The zero-order valence-electron chi connectivity index (χ0n) is 14.3. The number of rotatable bonds is 3. The molecule has 2 rings (SSSR count). The summed E-state index contributed by atoms with van der Waals surface area (Å²) < 4.78 is 7.29. The molecule has 0 N–H and O–H groups in total. The van der Waals surface area contributed by atoms with Gasteiger partial charge in [-0.25, -0.2) is 14.7 Å². The molecule has 6 nitrogen and oxygen atoms in total. The summed E-state index contributed by atoms with van der Waals surface area (Å²) in [6.45, 7) is 8.76. The molecular formula is C17H25N3O3. The highest BCUT2D eigenvalue weighted by molar-refractivity contribution is 6.05. The fourth-order valence-electron chi connectivity index (χ4n) is 2.45. The van der Waals surface area contributed by atoms with Crippen molar-refractivity contribution in [1.82, 2.24) is 14.5 Å². The molecule has 0 bridgehead atoms. The minimum atomic E-state index is -0.613. The quantitative estimate of drug-likeness (QED) is 0.802. The number of carbonyl (C=O) groups excluding carboxylic acids is 2. The van der Waals surface area contributed by atoms with Gasteiger partial charge in [-0.05, 0) is 46.1 Å². The van der Waals surface area contributed by atoms with Gasteiger partial charge in [-0.2, -0.15) is 0 Å². The molecule has 0 radical (unpaired) electrons. The lowest BCUT2D eigenvalue weighted by Crippen LogP contribution is -2.44. The first-order chi connectivity index (χ1) is 10.8. The van der Waals surface area contributed by atoms with Crippen LogP contribution in [-0.2, 0) is 16.1 Å². The number of imidazole rings is 1. The molecular weight excluding hydrogens is 294 g/mol. The lowest BCUT2D eigenvalue weighted by atomic mass is 10.0. The van der Waals surface area contributed by atoms with Gasteiger partial charge in [0.2, 0.25) is 0 Å². The molecule has 0 spiro atoms. The van der Waals surface area contributed by atoms with Gasteiger partial charge < -0.3 is 9.30 Å². The smallest absolute Gasteiger partial charge is 0.417 e. The first-order valence-electron chi connectivity index (χ1n) is 8.07. The number of hydrogen-bond donors (Lipinski definition) is 0. The fraction of sp³-hybridized carbons (Fsp3) is 0.588. The Balaban J connectivity index is 2.12. The summed E-state index contributed by atoms with van der Waals surface area (Å²) in [4.78, 5) is 30.1. The van der Waals surface area contributed by atoms with Crippen molar-refractivity contribution in [1.29, 1.82) is 0 Å². The van der Waals surface area contributed by atoms with E-state index in [1.807, 2.05) is 10.8 Å². The van der Waals surface area contributed by atoms with E-state index in [0.29, 0.717) is 18.5 Å². The number of aryl methyl sites for hydroxylation is 1. The van der Waals surface area contributed by atoms with Gasteiger partial charge in [0.25, 0.3) is 5.91 Å². The van der Waals surface area contributed by atoms with Crippen LogP contribution in [0.1, 0.15) is 52.7 Å². The van der Waals surface area contributed by atoms with Crippen LogP contribution in [-0.4, -0.2) is 38.6 Å². The Hall–Kier alpha value is -2.11. The number of nitrogens with zero attached hydrogens (tertiary/aromatic N) is 3. The van der Waals surface area contributed by atoms with E-state index >= 15 is 0 Å². The molecule has 2 heterocycles. The van der Waals surface area contributed by atoms with Gasteiger partial charge in [-0.1, -0.05) is 6.92 Å². The topological polar surface area (TPSA) is 64.4 Å². The molecule has 23 heavy (non-hydrogen) atoms. The fourth-order valence-corrected chi connectivity index (χ4v) is 2.45. The SMILES string of the molecule is CCCn1cnc(/C=C2\CCCN(C(=O)OC(C)(C)C)C2=O)c1. The Labute approximate surface area is 137 Å². The van der Waals surface area contributed by atoms with Gasteiger partial charge in [-0.3, -0.25) is 4.79 Å². The minimum Gasteiger partial charge on any atom is -0.443 e. The number of aromatic nitrogens is 2. The average Bonchev–Trinajstić information content (AvgIpc) is 2.87. The van der Waals surface area contributed by atoms with E-state index in [9.17, 15) is 9.59 Å². The summed E-state index contributed by atoms with van der Waals surface area (Å²) in [6.07, 6.45) is 7.28. The second-order valence-corrected chi connectivity index (χ2v) is 6.75. The van der Waals surface area contributed by atoms with Crippen LogP contribution in [0.2, 0.25) is 0 Å². The number of ether oxygens (including phenoxy) is 1. The molecule has 0 unspecified atom stereocenters. The Morgan fingerprint density at radius 1 is 1.43 bits per heavy atom. The van der Waals surface area contributed by atoms with E-state index in [4.69, 9.17) is 4.74 Å². The normalized spacial score (nSPS) is 17.7. The van der Waals surface area contributed by atoms with Crippen molar-refractivity contribution in [3.63, 3.8) is 0 Å². The molecule has 0 atom stereocenters. The summed E-state index contributed by atoms with van der Waals surface area (Å²) >= 11 is 0. The monoisotopic (exact) mass is 319 g/mol. The Morgan fingerprint density at radius 2 is 2.17 bits per heavy atom. The van der Waals surface area contributed by atoms with Crippen LogP contribution in [0.25, 0.3) is 6.08 Å². The van der Waals surface area contributed by atoms with Crippen molar-refractivity contribution in [3.05, 3.63) is 23.8 Å². The minimum absolute atomic E-state index is 0.282. The molecule has 1 aliphatic rings. The highest BCUT2D eigenvalue weighted by atomic mass is 16.6. The van der Waals surface area contributed by atoms with Gasteiger partial charge in [-0.15, -0.1) is 0 Å². The summed E-state index contributed by atoms with van der Waals surface area (Å²) in [5.74, 6) is -0.282. The van der Waals surface area contributed by atoms with Gasteiger partial charge in [0.15, 0.2) is 0 Å². The van der Waals surface area contributed by atoms with Gasteiger partial charge in [0.1, 0.15) is 5.60 Å². The van der Waals surface area contributed by atoms with Crippen LogP contribution < -0.4 is 0 Å². The molecule has 1 aromatic heterocycles. The molecule has 1 saturated heterocycles. The van der Waals surface area contributed by atoms with Crippen molar-refractivity contribution in [2.75, 3.05) is 6.54 Å². The van der Waals surface area contributed by atoms with Crippen LogP contribution in [0.3, 0.4) is 0 Å². The van der Waals surface area contributed by atoms with E-state index < -0.39 is 11.7 Å². The van der Waals surface area contributed by atoms with Gasteiger partial charge >= 0.3 is 6.09 Å². The van der Waals surface area contributed by atoms with Crippen molar-refractivity contribution in [2.24, 2.45) is 0 Å². The maximum absolute atomic E-state index is 12.5. The van der Waals surface area contributed by atoms with Crippen LogP contribution in [0.5, 0.6) is 0 Å². The highest BCUT2D eigenvalue weighted by Crippen LogP contribution is 2.22. The second kappa shape index (κ2) is 6.98. The standard InChI is InChI=1S/C17H25N3O3/c1-5-8-19-11-14(18-12-19)10-13-7-6-9-20(15(13)21)16(22)23-17(2,3)4/h10-12H,5-9H2,1-4H3/b13-10+. The van der Waals surface area contributed by atoms with Crippen molar-refractivity contribution in [3.8, 4) is 0 Å². The summed E-state index contributed by atoms with van der Waals surface area (Å²) in [6, 6.07) is 0. The van der Waals surface area contributed by atoms with Crippen molar-refractivity contribution >= 4 is 18.1 Å². The van der Waals surface area contributed by atoms with Crippen LogP contribution in [0.15, 0.2) is 18.1 Å². The molecule has 6 heteroatoms. The molecule has 126 valence electrons. The Kier molecular flexibility index (Phi) is 5.23. The molecule has 1 aliphatic heterocycles. The van der Waals surface area contributed by atoms with E-state index in [2.05, 4.69) is 11.9 Å². The summed E-state index contributed by atoms with van der Waals surface area (Å²) in [7, 11) is 0. The van der Waals surface area contributed by atoms with Gasteiger partial charge in [0, 0.05) is 24.9 Å². The lowest BCUT2D eigenvalue weighted by molar-refractivity contribution is -0.127. The van der Waals surface area contributed by atoms with Crippen LogP contribution in [0, 0.1) is 0 Å². The predicted octanol–water partition coefficient (Wildman–Crippen LogP) is 3.23. The third-order valence-electron chi connectivity index (χ3n) is 3.42. The molecule has 0 aliphatic carbocycles. The maximum atomic E-state index is 12.5.